The van der Waals surface area contributed by atoms with E-state index < -0.39 is 0 Å². The predicted octanol–water partition coefficient (Wildman–Crippen LogP) is 4.40. The molecule has 21 heavy (non-hydrogen) atoms. The number of hydrogen-bond acceptors (Lipinski definition) is 2. The zero-order valence-corrected chi connectivity index (χ0v) is 15.0. The van der Waals surface area contributed by atoms with Crippen molar-refractivity contribution in [3.05, 3.63) is 35.4 Å². The highest BCUT2D eigenvalue weighted by atomic mass is 15.2. The van der Waals surface area contributed by atoms with E-state index in [-0.39, 0.29) is 0 Å². The van der Waals surface area contributed by atoms with Crippen LogP contribution in [0.15, 0.2) is 24.3 Å². The summed E-state index contributed by atoms with van der Waals surface area (Å²) in [5, 5.41) is 3.72. The highest BCUT2D eigenvalue weighted by molar-refractivity contribution is 5.29. The predicted molar refractivity (Wildman–Crippen MR) is 93.8 cm³/mol. The maximum Gasteiger partial charge on any atom is 0.0451 e. The first kappa shape index (κ1) is 18.2. The number of hydrogen-bond donors (Lipinski definition) is 1. The molecule has 0 bridgehead atoms. The molecule has 1 aromatic rings. The SMILES string of the molecule is CCCNC(CN(C)C(C)C(C)(C)C)c1ccccc1C. The van der Waals surface area contributed by atoms with Crippen molar-refractivity contribution >= 4 is 0 Å². The van der Waals surface area contributed by atoms with Gasteiger partial charge in [-0.1, -0.05) is 52.0 Å². The molecule has 120 valence electrons. The van der Waals surface area contributed by atoms with Gasteiger partial charge in [0.05, 0.1) is 0 Å². The van der Waals surface area contributed by atoms with Crippen molar-refractivity contribution in [1.82, 2.24) is 10.2 Å². The minimum absolute atomic E-state index is 0.301. The molecular weight excluding hydrogens is 256 g/mol. The van der Waals surface area contributed by atoms with Gasteiger partial charge in [-0.3, -0.25) is 0 Å². The standard InChI is InChI=1S/C19H34N2/c1-8-13-20-18(17-12-10-9-11-15(17)2)14-21(7)16(3)19(4,5)6/h9-12,16,18,20H,8,13-14H2,1-7H3. The molecule has 0 aliphatic rings. The molecule has 1 N–H and O–H groups in total. The van der Waals surface area contributed by atoms with Gasteiger partial charge < -0.3 is 10.2 Å². The van der Waals surface area contributed by atoms with Crippen molar-refractivity contribution in [3.8, 4) is 0 Å². The molecule has 2 heteroatoms. The van der Waals surface area contributed by atoms with Crippen molar-refractivity contribution in [3.63, 3.8) is 0 Å². The number of nitrogens with zero attached hydrogens (tertiary/aromatic N) is 1. The van der Waals surface area contributed by atoms with Gasteiger partial charge in [-0.05, 0) is 50.4 Å². The van der Waals surface area contributed by atoms with E-state index in [2.05, 4.69) is 83.1 Å². The first-order valence-corrected chi connectivity index (χ1v) is 8.26. The highest BCUT2D eigenvalue weighted by Crippen LogP contribution is 2.25. The second-order valence-electron chi connectivity index (χ2n) is 7.34. The van der Waals surface area contributed by atoms with Crippen LogP contribution in [0.25, 0.3) is 0 Å². The van der Waals surface area contributed by atoms with Gasteiger partial charge >= 0.3 is 0 Å². The summed E-state index contributed by atoms with van der Waals surface area (Å²) in [5.41, 5.74) is 3.11. The normalized spacial score (nSPS) is 15.2. The maximum absolute atomic E-state index is 3.72. The second-order valence-corrected chi connectivity index (χ2v) is 7.34. The number of benzene rings is 1. The fraction of sp³-hybridized carbons (Fsp3) is 0.684. The first-order valence-electron chi connectivity index (χ1n) is 8.26. The third-order valence-electron chi connectivity index (χ3n) is 4.59. The molecule has 0 aliphatic carbocycles. The summed E-state index contributed by atoms with van der Waals surface area (Å²) < 4.78 is 0. The van der Waals surface area contributed by atoms with Crippen LogP contribution in [-0.4, -0.2) is 31.1 Å². The van der Waals surface area contributed by atoms with E-state index in [1.54, 1.807) is 0 Å². The lowest BCUT2D eigenvalue weighted by Crippen LogP contribution is -2.43. The van der Waals surface area contributed by atoms with Crippen molar-refractivity contribution in [2.24, 2.45) is 5.41 Å². The average molecular weight is 290 g/mol. The molecule has 0 aliphatic heterocycles. The van der Waals surface area contributed by atoms with Gasteiger partial charge in [0.1, 0.15) is 0 Å². The molecular formula is C19H34N2. The highest BCUT2D eigenvalue weighted by Gasteiger charge is 2.26. The summed E-state index contributed by atoms with van der Waals surface area (Å²) in [6, 6.07) is 9.70. The molecule has 0 fully saturated rings. The lowest BCUT2D eigenvalue weighted by molar-refractivity contribution is 0.129. The molecule has 0 spiro atoms. The average Bonchev–Trinajstić information content (AvgIpc) is 2.42. The van der Waals surface area contributed by atoms with Crippen LogP contribution in [0.5, 0.6) is 0 Å². The number of rotatable bonds is 7. The lowest BCUT2D eigenvalue weighted by Gasteiger charge is -2.37. The third kappa shape index (κ3) is 5.44. The van der Waals surface area contributed by atoms with Crippen LogP contribution in [-0.2, 0) is 0 Å². The molecule has 0 heterocycles. The monoisotopic (exact) mass is 290 g/mol. The van der Waals surface area contributed by atoms with E-state index in [4.69, 9.17) is 0 Å². The Balaban J connectivity index is 2.87. The Morgan fingerprint density at radius 3 is 2.33 bits per heavy atom. The lowest BCUT2D eigenvalue weighted by atomic mass is 9.86. The van der Waals surface area contributed by atoms with Crippen LogP contribution < -0.4 is 5.32 Å². The summed E-state index contributed by atoms with van der Waals surface area (Å²) in [6.45, 7) is 15.8. The first-order chi connectivity index (χ1) is 9.77. The molecule has 2 nitrogen and oxygen atoms in total. The Bertz CT molecular complexity index is 420. The van der Waals surface area contributed by atoms with E-state index >= 15 is 0 Å². The molecule has 1 rings (SSSR count). The molecule has 1 aromatic carbocycles. The zero-order chi connectivity index (χ0) is 16.0. The fourth-order valence-corrected chi connectivity index (χ4v) is 2.68. The van der Waals surface area contributed by atoms with Crippen molar-refractivity contribution in [2.75, 3.05) is 20.1 Å². The Hall–Kier alpha value is -0.860. The number of aryl methyl sites for hydroxylation is 1. The largest absolute Gasteiger partial charge is 0.309 e. The van der Waals surface area contributed by atoms with Crippen molar-refractivity contribution < 1.29 is 0 Å². The van der Waals surface area contributed by atoms with Gasteiger partial charge in [0.25, 0.3) is 0 Å². The van der Waals surface area contributed by atoms with Gasteiger partial charge in [0.2, 0.25) is 0 Å². The summed E-state index contributed by atoms with van der Waals surface area (Å²) in [5.74, 6) is 0. The summed E-state index contributed by atoms with van der Waals surface area (Å²) in [4.78, 5) is 2.49. The van der Waals surface area contributed by atoms with Gasteiger partial charge in [-0.15, -0.1) is 0 Å². The van der Waals surface area contributed by atoms with Gasteiger partial charge in [-0.25, -0.2) is 0 Å². The van der Waals surface area contributed by atoms with Crippen LogP contribution >= 0.6 is 0 Å². The van der Waals surface area contributed by atoms with E-state index in [1.807, 2.05) is 0 Å². The quantitative estimate of drug-likeness (QED) is 0.800. The number of nitrogens with one attached hydrogen (secondary N) is 1. The van der Waals surface area contributed by atoms with Crippen molar-refractivity contribution in [1.29, 1.82) is 0 Å². The Labute approximate surface area is 131 Å². The van der Waals surface area contributed by atoms with E-state index in [9.17, 15) is 0 Å². The topological polar surface area (TPSA) is 15.3 Å². The molecule has 0 radical (unpaired) electrons. The third-order valence-corrected chi connectivity index (χ3v) is 4.59. The number of likely N-dealkylation sites (N-methyl/N-ethyl adjacent to an activating group) is 1. The van der Waals surface area contributed by atoms with Gasteiger partial charge in [0, 0.05) is 18.6 Å². The van der Waals surface area contributed by atoms with Crippen LogP contribution in [0.1, 0.15) is 58.2 Å². The fourth-order valence-electron chi connectivity index (χ4n) is 2.68. The van der Waals surface area contributed by atoms with Crippen LogP contribution in [0.4, 0.5) is 0 Å². The minimum Gasteiger partial charge on any atom is -0.309 e. The Morgan fingerprint density at radius 2 is 1.81 bits per heavy atom. The van der Waals surface area contributed by atoms with Crippen LogP contribution in [0.2, 0.25) is 0 Å². The molecule has 2 atom stereocenters. The molecule has 0 aromatic heterocycles. The van der Waals surface area contributed by atoms with Gasteiger partial charge in [0.15, 0.2) is 0 Å². The van der Waals surface area contributed by atoms with Crippen molar-refractivity contribution in [2.45, 2.75) is 60.0 Å². The Kier molecular flexibility index (Phi) is 6.89. The van der Waals surface area contributed by atoms with Crippen LogP contribution in [0, 0.1) is 12.3 Å². The summed E-state index contributed by atoms with van der Waals surface area (Å²) >= 11 is 0. The van der Waals surface area contributed by atoms with Gasteiger partial charge in [-0.2, -0.15) is 0 Å². The van der Waals surface area contributed by atoms with E-state index in [0.29, 0.717) is 17.5 Å². The molecule has 0 amide bonds. The molecule has 0 saturated heterocycles. The smallest absolute Gasteiger partial charge is 0.0451 e. The maximum atomic E-state index is 3.72. The van der Waals surface area contributed by atoms with E-state index in [0.717, 1.165) is 13.1 Å². The van der Waals surface area contributed by atoms with Crippen LogP contribution in [0.3, 0.4) is 0 Å². The molecule has 2 unspecified atom stereocenters. The second kappa shape index (κ2) is 7.95. The summed E-state index contributed by atoms with van der Waals surface area (Å²) in [6.07, 6.45) is 1.17. The summed E-state index contributed by atoms with van der Waals surface area (Å²) in [7, 11) is 2.24. The van der Waals surface area contributed by atoms with E-state index in [1.165, 1.54) is 17.5 Å². The zero-order valence-electron chi connectivity index (χ0n) is 15.0. The minimum atomic E-state index is 0.301. The Morgan fingerprint density at radius 1 is 1.19 bits per heavy atom. The molecule has 0 saturated carbocycles.